The lowest BCUT2D eigenvalue weighted by molar-refractivity contribution is -0.141. The van der Waals surface area contributed by atoms with Crippen molar-refractivity contribution >= 4 is 17.7 Å². The van der Waals surface area contributed by atoms with Crippen molar-refractivity contribution in [3.63, 3.8) is 0 Å². The highest BCUT2D eigenvalue weighted by molar-refractivity contribution is 5.79. The molecule has 3 heterocycles. The lowest BCUT2D eigenvalue weighted by Crippen LogP contribution is -2.55. The molecule has 2 N–H and O–H groups in total. The number of aromatic nitrogens is 2. The zero-order chi connectivity index (χ0) is 32.3. The Hall–Kier alpha value is -4.14. The van der Waals surface area contributed by atoms with E-state index < -0.39 is 40.5 Å². The van der Waals surface area contributed by atoms with E-state index in [4.69, 9.17) is 4.74 Å². The average molecular weight is 618 g/mol. The lowest BCUT2D eigenvalue weighted by Gasteiger charge is -2.44. The fraction of sp³-hybridized carbons (Fsp3) is 0.393. The van der Waals surface area contributed by atoms with Crippen LogP contribution >= 0.6 is 0 Å². The van der Waals surface area contributed by atoms with E-state index in [9.17, 15) is 35.9 Å². The van der Waals surface area contributed by atoms with E-state index in [1.165, 1.54) is 25.3 Å². The topological polar surface area (TPSA) is 90.6 Å². The second kappa shape index (κ2) is 13.0. The SMILES string of the molecule is CNc1cc(-c2cc(OC)nc(C(F)(F)F)c2)c(F)cc1N1CC(C)N(C)C(C)C1.O=Cc1c[nH]c(=O)cc1C(F)(F)F. The number of nitrogens with one attached hydrogen (secondary N) is 2. The number of pyridine rings is 2. The molecule has 2 atom stereocenters. The minimum absolute atomic E-state index is 0.0404. The Balaban J connectivity index is 0.000000326. The molecule has 1 aromatic carbocycles. The first-order valence-electron chi connectivity index (χ1n) is 12.9. The van der Waals surface area contributed by atoms with Crippen molar-refractivity contribution in [3.05, 3.63) is 69.5 Å². The van der Waals surface area contributed by atoms with Gasteiger partial charge in [0.15, 0.2) is 6.29 Å². The van der Waals surface area contributed by atoms with E-state index in [-0.39, 0.29) is 35.4 Å². The number of halogens is 7. The summed E-state index contributed by atoms with van der Waals surface area (Å²) in [5.41, 5.74) is -2.40. The van der Waals surface area contributed by atoms with Gasteiger partial charge in [0.05, 0.1) is 24.0 Å². The van der Waals surface area contributed by atoms with Gasteiger partial charge in [-0.2, -0.15) is 26.3 Å². The Morgan fingerprint density at radius 2 is 1.65 bits per heavy atom. The number of benzene rings is 1. The van der Waals surface area contributed by atoms with E-state index >= 15 is 4.39 Å². The summed E-state index contributed by atoms with van der Waals surface area (Å²) in [5, 5.41) is 3.05. The molecule has 1 saturated heterocycles. The summed E-state index contributed by atoms with van der Waals surface area (Å²) < 4.78 is 96.0. The Labute approximate surface area is 242 Å². The molecule has 2 aromatic heterocycles. The number of aldehydes is 1. The molecular weight excluding hydrogens is 587 g/mol. The number of alkyl halides is 6. The number of aromatic amines is 1. The van der Waals surface area contributed by atoms with Crippen molar-refractivity contribution in [1.29, 1.82) is 0 Å². The predicted molar refractivity (Wildman–Crippen MR) is 147 cm³/mol. The van der Waals surface area contributed by atoms with Crippen molar-refractivity contribution in [1.82, 2.24) is 14.9 Å². The van der Waals surface area contributed by atoms with E-state index in [2.05, 4.69) is 41.0 Å². The van der Waals surface area contributed by atoms with Gasteiger partial charge in [-0.25, -0.2) is 9.37 Å². The van der Waals surface area contributed by atoms with Crippen LogP contribution in [0.4, 0.5) is 42.1 Å². The van der Waals surface area contributed by atoms with E-state index in [1.54, 1.807) is 7.05 Å². The fourth-order valence-electron chi connectivity index (χ4n) is 4.58. The van der Waals surface area contributed by atoms with Crippen molar-refractivity contribution in [2.45, 2.75) is 38.3 Å². The Morgan fingerprint density at radius 1 is 1.02 bits per heavy atom. The van der Waals surface area contributed by atoms with Crippen LogP contribution in [0, 0.1) is 5.82 Å². The highest BCUT2D eigenvalue weighted by atomic mass is 19.4. The van der Waals surface area contributed by atoms with Crippen molar-refractivity contribution in [3.8, 4) is 17.0 Å². The van der Waals surface area contributed by atoms with Gasteiger partial charge < -0.3 is 19.9 Å². The maximum absolute atomic E-state index is 15.1. The van der Waals surface area contributed by atoms with Crippen LogP contribution < -0.4 is 20.5 Å². The summed E-state index contributed by atoms with van der Waals surface area (Å²) in [6, 6.07) is 5.95. The van der Waals surface area contributed by atoms with E-state index in [0.717, 1.165) is 25.4 Å². The number of ether oxygens (including phenoxy) is 1. The van der Waals surface area contributed by atoms with Gasteiger partial charge in [0.1, 0.15) is 11.5 Å². The van der Waals surface area contributed by atoms with E-state index in [0.29, 0.717) is 17.4 Å². The molecule has 0 aliphatic carbocycles. The Bertz CT molecular complexity index is 1500. The molecule has 15 heteroatoms. The number of hydrogen-bond donors (Lipinski definition) is 2. The number of anilines is 2. The molecule has 1 fully saturated rings. The molecule has 234 valence electrons. The molecule has 2 unspecified atom stereocenters. The number of methoxy groups -OCH3 is 1. The number of H-pyrrole nitrogens is 1. The number of carbonyl (C=O) groups is 1. The van der Waals surface area contributed by atoms with Crippen molar-refractivity contribution in [2.75, 3.05) is 44.5 Å². The molecule has 3 aromatic rings. The smallest absolute Gasteiger partial charge is 0.433 e. The number of nitrogens with zero attached hydrogens (tertiary/aromatic N) is 3. The van der Waals surface area contributed by atoms with Crippen LogP contribution in [0.1, 0.15) is 35.5 Å². The quantitative estimate of drug-likeness (QED) is 0.281. The molecule has 0 spiro atoms. The summed E-state index contributed by atoms with van der Waals surface area (Å²) in [4.78, 5) is 30.5. The first-order valence-corrected chi connectivity index (χ1v) is 12.9. The van der Waals surface area contributed by atoms with Crippen LogP contribution in [0.3, 0.4) is 0 Å². The van der Waals surface area contributed by atoms with Gasteiger partial charge in [0, 0.05) is 61.7 Å². The predicted octanol–water partition coefficient (Wildman–Crippen LogP) is 5.69. The highest BCUT2D eigenvalue weighted by Crippen LogP contribution is 2.38. The third-order valence-corrected chi connectivity index (χ3v) is 7.06. The number of rotatable bonds is 5. The standard InChI is InChI=1S/C21H26F4N4O.C7H4F3NO2/c1-12-10-29(11-13(2)28(12)4)18-9-16(22)15(8-17(18)26-3)14-6-19(21(23,24)25)27-20(7-14)30-5;8-7(9,10)5-1-6(13)11-2-4(5)3-12/h6-9,12-13,26H,10-11H2,1-5H3;1-3H,(H,11,13). The summed E-state index contributed by atoms with van der Waals surface area (Å²) in [6.45, 7) is 5.65. The Morgan fingerprint density at radius 3 is 2.16 bits per heavy atom. The monoisotopic (exact) mass is 617 g/mol. The summed E-state index contributed by atoms with van der Waals surface area (Å²) in [5.74, 6) is -0.833. The Kier molecular flexibility index (Phi) is 10.1. The van der Waals surface area contributed by atoms with E-state index in [1.807, 2.05) is 4.98 Å². The molecular formula is C28H30F7N5O3. The largest absolute Gasteiger partial charge is 0.481 e. The number of piperazine rings is 1. The maximum Gasteiger partial charge on any atom is 0.433 e. The first kappa shape index (κ1) is 33.4. The second-order valence-electron chi connectivity index (χ2n) is 9.93. The maximum atomic E-state index is 15.1. The molecule has 0 amide bonds. The van der Waals surface area contributed by atoms with Gasteiger partial charge in [0.2, 0.25) is 11.4 Å². The minimum atomic E-state index is -4.68. The minimum Gasteiger partial charge on any atom is -0.481 e. The lowest BCUT2D eigenvalue weighted by atomic mass is 10.0. The molecule has 8 nitrogen and oxygen atoms in total. The normalized spacial score (nSPS) is 17.6. The summed E-state index contributed by atoms with van der Waals surface area (Å²) in [7, 11) is 4.99. The van der Waals surface area contributed by atoms with Gasteiger partial charge >= 0.3 is 12.4 Å². The van der Waals surface area contributed by atoms with Crippen LogP contribution in [-0.4, -0.2) is 67.5 Å². The number of hydrogen-bond acceptors (Lipinski definition) is 7. The van der Waals surface area contributed by atoms with Crippen LogP contribution in [-0.2, 0) is 12.4 Å². The van der Waals surface area contributed by atoms with Gasteiger partial charge in [-0.05, 0) is 44.7 Å². The third kappa shape index (κ3) is 7.83. The highest BCUT2D eigenvalue weighted by Gasteiger charge is 2.35. The van der Waals surface area contributed by atoms with Crippen LogP contribution in [0.15, 0.2) is 41.3 Å². The molecule has 43 heavy (non-hydrogen) atoms. The molecule has 0 radical (unpaired) electrons. The average Bonchev–Trinajstić information content (AvgIpc) is 2.94. The summed E-state index contributed by atoms with van der Waals surface area (Å²) in [6.07, 6.45) is -8.57. The van der Waals surface area contributed by atoms with Gasteiger partial charge in [-0.1, -0.05) is 0 Å². The fourth-order valence-corrected chi connectivity index (χ4v) is 4.58. The van der Waals surface area contributed by atoms with Crippen LogP contribution in [0.25, 0.3) is 11.1 Å². The third-order valence-electron chi connectivity index (χ3n) is 7.06. The first-order chi connectivity index (χ1) is 20.0. The summed E-state index contributed by atoms with van der Waals surface area (Å²) >= 11 is 0. The van der Waals surface area contributed by atoms with Crippen LogP contribution in [0.5, 0.6) is 5.88 Å². The zero-order valence-electron chi connectivity index (χ0n) is 23.8. The number of carbonyl (C=O) groups excluding carboxylic acids is 1. The van der Waals surface area contributed by atoms with Crippen molar-refractivity contribution < 1.29 is 40.3 Å². The van der Waals surface area contributed by atoms with Crippen molar-refractivity contribution in [2.24, 2.45) is 0 Å². The van der Waals surface area contributed by atoms with Gasteiger partial charge in [0.25, 0.3) is 0 Å². The zero-order valence-corrected chi connectivity index (χ0v) is 23.8. The molecule has 1 aliphatic heterocycles. The van der Waals surface area contributed by atoms with Crippen LogP contribution in [0.2, 0.25) is 0 Å². The molecule has 0 bridgehead atoms. The second-order valence-corrected chi connectivity index (χ2v) is 9.93. The number of likely N-dealkylation sites (N-methyl/N-ethyl adjacent to an activating group) is 1. The molecule has 0 saturated carbocycles. The van der Waals surface area contributed by atoms with Gasteiger partial charge in [-0.15, -0.1) is 0 Å². The molecule has 4 rings (SSSR count). The molecule has 1 aliphatic rings. The van der Waals surface area contributed by atoms with Gasteiger partial charge in [-0.3, -0.25) is 14.5 Å².